The van der Waals surface area contributed by atoms with E-state index in [1.807, 2.05) is 0 Å². The van der Waals surface area contributed by atoms with E-state index in [0.717, 1.165) is 6.07 Å². The highest BCUT2D eigenvalue weighted by Gasteiger charge is 2.26. The maximum Gasteiger partial charge on any atom is 0.390 e. The van der Waals surface area contributed by atoms with E-state index in [9.17, 15) is 23.3 Å². The van der Waals surface area contributed by atoms with Gasteiger partial charge in [0.1, 0.15) is 0 Å². The van der Waals surface area contributed by atoms with Gasteiger partial charge in [0.05, 0.1) is 22.1 Å². The minimum atomic E-state index is -4.25. The van der Waals surface area contributed by atoms with Crippen LogP contribution in [0.2, 0.25) is 5.02 Å². The first-order valence-corrected chi connectivity index (χ1v) is 4.92. The topological polar surface area (TPSA) is 55.2 Å². The van der Waals surface area contributed by atoms with Crippen molar-refractivity contribution in [3.63, 3.8) is 0 Å². The van der Waals surface area contributed by atoms with E-state index in [1.54, 1.807) is 0 Å². The zero-order valence-corrected chi connectivity index (χ0v) is 9.18. The predicted molar refractivity (Wildman–Crippen MR) is 57.3 cm³/mol. The summed E-state index contributed by atoms with van der Waals surface area (Å²) in [6, 6.07) is 3.52. The van der Waals surface area contributed by atoms with Crippen LogP contribution >= 0.6 is 11.6 Å². The van der Waals surface area contributed by atoms with Crippen LogP contribution in [0, 0.1) is 10.1 Å². The number of rotatable bonds is 4. The van der Waals surface area contributed by atoms with Gasteiger partial charge in [0.15, 0.2) is 0 Å². The van der Waals surface area contributed by atoms with E-state index in [-0.39, 0.29) is 22.9 Å². The zero-order valence-electron chi connectivity index (χ0n) is 8.42. The first-order chi connectivity index (χ1) is 7.79. The maximum atomic E-state index is 11.9. The molecule has 0 unspecified atom stereocenters. The van der Waals surface area contributed by atoms with Crippen LogP contribution in [0.1, 0.15) is 6.42 Å². The quantitative estimate of drug-likeness (QED) is 0.670. The van der Waals surface area contributed by atoms with Crippen molar-refractivity contribution in [2.75, 3.05) is 11.9 Å². The molecule has 0 aromatic heterocycles. The molecule has 0 spiro atoms. The highest BCUT2D eigenvalue weighted by atomic mass is 35.5. The van der Waals surface area contributed by atoms with Gasteiger partial charge in [-0.15, -0.1) is 0 Å². The van der Waals surface area contributed by atoms with Crippen LogP contribution in [0.5, 0.6) is 0 Å². The second-order valence-electron chi connectivity index (χ2n) is 3.21. The van der Waals surface area contributed by atoms with E-state index in [1.165, 1.54) is 12.1 Å². The van der Waals surface area contributed by atoms with Gasteiger partial charge in [-0.1, -0.05) is 11.6 Å². The van der Waals surface area contributed by atoms with Crippen LogP contribution in [-0.4, -0.2) is 17.6 Å². The molecule has 4 nitrogen and oxygen atoms in total. The van der Waals surface area contributed by atoms with E-state index >= 15 is 0 Å². The Morgan fingerprint density at radius 3 is 2.53 bits per heavy atom. The molecule has 1 aromatic carbocycles. The number of benzene rings is 1. The minimum absolute atomic E-state index is 0.0152. The van der Waals surface area contributed by atoms with Gasteiger partial charge in [-0.25, -0.2) is 0 Å². The Morgan fingerprint density at radius 1 is 1.41 bits per heavy atom. The first-order valence-electron chi connectivity index (χ1n) is 4.54. The normalized spacial score (nSPS) is 11.3. The van der Waals surface area contributed by atoms with Crippen molar-refractivity contribution in [3.8, 4) is 0 Å². The number of halogens is 4. The number of nitro benzene ring substituents is 1. The molecular weight excluding hydrogens is 261 g/mol. The molecule has 0 aliphatic heterocycles. The predicted octanol–water partition coefficient (Wildman–Crippen LogP) is 3.61. The van der Waals surface area contributed by atoms with Gasteiger partial charge >= 0.3 is 6.18 Å². The number of non-ortho nitro benzene ring substituents is 1. The number of hydrogen-bond donors (Lipinski definition) is 1. The summed E-state index contributed by atoms with van der Waals surface area (Å²) < 4.78 is 35.6. The van der Waals surface area contributed by atoms with E-state index in [2.05, 4.69) is 5.32 Å². The lowest BCUT2D eigenvalue weighted by Gasteiger charge is -2.09. The molecule has 0 saturated heterocycles. The third kappa shape index (κ3) is 4.48. The average molecular weight is 269 g/mol. The smallest absolute Gasteiger partial charge is 0.383 e. The van der Waals surface area contributed by atoms with Crippen LogP contribution in [0.25, 0.3) is 0 Å². The van der Waals surface area contributed by atoms with Gasteiger partial charge in [0.25, 0.3) is 5.69 Å². The molecule has 8 heteroatoms. The van der Waals surface area contributed by atoms with Crippen LogP contribution in [-0.2, 0) is 0 Å². The van der Waals surface area contributed by atoms with Crippen molar-refractivity contribution < 1.29 is 18.1 Å². The van der Waals surface area contributed by atoms with E-state index in [0.29, 0.717) is 0 Å². The SMILES string of the molecule is O=[N+]([O-])c1ccc(NCCC(F)(F)F)c(Cl)c1. The second kappa shape index (κ2) is 5.22. The number of anilines is 1. The fourth-order valence-corrected chi connectivity index (χ4v) is 1.34. The molecule has 0 radical (unpaired) electrons. The van der Waals surface area contributed by atoms with Crippen molar-refractivity contribution in [3.05, 3.63) is 33.3 Å². The molecule has 17 heavy (non-hydrogen) atoms. The van der Waals surface area contributed by atoms with Gasteiger partial charge in [0, 0.05) is 18.7 Å². The summed E-state index contributed by atoms with van der Waals surface area (Å²) >= 11 is 5.68. The molecule has 1 N–H and O–H groups in total. The summed E-state index contributed by atoms with van der Waals surface area (Å²) in [5, 5.41) is 12.9. The minimum Gasteiger partial charge on any atom is -0.383 e. The molecular formula is C9H8ClF3N2O2. The fraction of sp³-hybridized carbons (Fsp3) is 0.333. The van der Waals surface area contributed by atoms with Crippen molar-refractivity contribution >= 4 is 23.0 Å². The zero-order chi connectivity index (χ0) is 13.1. The summed E-state index contributed by atoms with van der Waals surface area (Å²) in [6.07, 6.45) is -5.25. The summed E-state index contributed by atoms with van der Waals surface area (Å²) in [4.78, 5) is 9.75. The Hall–Kier alpha value is -1.50. The highest BCUT2D eigenvalue weighted by molar-refractivity contribution is 6.33. The van der Waals surface area contributed by atoms with Crippen molar-refractivity contribution in [1.82, 2.24) is 0 Å². The number of nitrogens with zero attached hydrogens (tertiary/aromatic N) is 1. The van der Waals surface area contributed by atoms with Crippen molar-refractivity contribution in [2.45, 2.75) is 12.6 Å². The monoisotopic (exact) mass is 268 g/mol. The van der Waals surface area contributed by atoms with Crippen LogP contribution < -0.4 is 5.32 Å². The molecule has 0 saturated carbocycles. The van der Waals surface area contributed by atoms with Crippen molar-refractivity contribution in [2.24, 2.45) is 0 Å². The molecule has 0 heterocycles. The van der Waals surface area contributed by atoms with Gasteiger partial charge in [0.2, 0.25) is 0 Å². The lowest BCUT2D eigenvalue weighted by molar-refractivity contribution is -0.384. The highest BCUT2D eigenvalue weighted by Crippen LogP contribution is 2.27. The Bertz CT molecular complexity index is 423. The number of alkyl halides is 3. The summed E-state index contributed by atoms with van der Waals surface area (Å²) in [6.45, 7) is -0.332. The third-order valence-electron chi connectivity index (χ3n) is 1.89. The van der Waals surface area contributed by atoms with Gasteiger partial charge in [-0.2, -0.15) is 13.2 Å². The van der Waals surface area contributed by atoms with Crippen molar-refractivity contribution in [1.29, 1.82) is 0 Å². The molecule has 1 rings (SSSR count). The maximum absolute atomic E-state index is 11.9. The second-order valence-corrected chi connectivity index (χ2v) is 3.62. The lowest BCUT2D eigenvalue weighted by Crippen LogP contribution is -2.14. The number of nitrogens with one attached hydrogen (secondary N) is 1. The Balaban J connectivity index is 2.64. The van der Waals surface area contributed by atoms with E-state index < -0.39 is 17.5 Å². The fourth-order valence-electron chi connectivity index (χ4n) is 1.10. The lowest BCUT2D eigenvalue weighted by atomic mass is 10.2. The first kappa shape index (κ1) is 13.6. The standard InChI is InChI=1S/C9H8ClF3N2O2/c10-7-5-6(15(16)17)1-2-8(7)14-4-3-9(11,12)13/h1-2,5,14H,3-4H2. The summed E-state index contributed by atoms with van der Waals surface area (Å²) in [5.41, 5.74) is 0.0258. The molecule has 0 amide bonds. The Labute approximate surface area is 99.5 Å². The number of hydrogen-bond acceptors (Lipinski definition) is 3. The van der Waals surface area contributed by atoms with Gasteiger partial charge in [-0.3, -0.25) is 10.1 Å². The average Bonchev–Trinajstić information content (AvgIpc) is 2.18. The third-order valence-corrected chi connectivity index (χ3v) is 2.20. The Kier molecular flexibility index (Phi) is 4.17. The molecule has 0 aliphatic rings. The molecule has 0 fully saturated rings. The largest absolute Gasteiger partial charge is 0.390 e. The van der Waals surface area contributed by atoms with Crippen LogP contribution in [0.4, 0.5) is 24.5 Å². The van der Waals surface area contributed by atoms with Crippen LogP contribution in [0.3, 0.4) is 0 Å². The number of nitro groups is 1. The summed E-state index contributed by atoms with van der Waals surface area (Å²) in [5.74, 6) is 0. The molecule has 0 aliphatic carbocycles. The molecule has 1 aromatic rings. The van der Waals surface area contributed by atoms with Gasteiger partial charge < -0.3 is 5.32 Å². The van der Waals surface area contributed by atoms with Gasteiger partial charge in [-0.05, 0) is 6.07 Å². The van der Waals surface area contributed by atoms with E-state index in [4.69, 9.17) is 11.6 Å². The molecule has 94 valence electrons. The molecule has 0 bridgehead atoms. The van der Waals surface area contributed by atoms with Crippen LogP contribution in [0.15, 0.2) is 18.2 Å². The molecule has 0 atom stereocenters. The Morgan fingerprint density at radius 2 is 2.06 bits per heavy atom. The summed E-state index contributed by atoms with van der Waals surface area (Å²) in [7, 11) is 0.